The van der Waals surface area contributed by atoms with Crippen LogP contribution in [0, 0.1) is 23.7 Å². The van der Waals surface area contributed by atoms with Gasteiger partial charge < -0.3 is 26.6 Å². The van der Waals surface area contributed by atoms with Crippen LogP contribution in [-0.4, -0.2) is 62.3 Å². The lowest BCUT2D eigenvalue weighted by molar-refractivity contribution is -0.139. The lowest BCUT2D eigenvalue weighted by Crippen LogP contribution is -2.53. The molecule has 5 amide bonds. The Bertz CT molecular complexity index is 709. The van der Waals surface area contributed by atoms with Crippen LogP contribution < -0.4 is 26.6 Å². The van der Waals surface area contributed by atoms with Crippen LogP contribution in [-0.2, 0) is 24.0 Å². The van der Waals surface area contributed by atoms with Crippen molar-refractivity contribution in [3.8, 4) is 0 Å². The summed E-state index contributed by atoms with van der Waals surface area (Å²) in [5.74, 6) is -2.76. The van der Waals surface area contributed by atoms with E-state index in [2.05, 4.69) is 26.6 Å². The maximum absolute atomic E-state index is 12.9. The Labute approximate surface area is 196 Å². The van der Waals surface area contributed by atoms with Crippen molar-refractivity contribution in [3.63, 3.8) is 0 Å². The average Bonchev–Trinajstić information content (AvgIpc) is 2.78. The van der Waals surface area contributed by atoms with Crippen LogP contribution in [0.3, 0.4) is 0 Å². The molecule has 1 aliphatic rings. The van der Waals surface area contributed by atoms with Gasteiger partial charge in [-0.05, 0) is 31.1 Å². The van der Waals surface area contributed by atoms with Crippen LogP contribution in [0.1, 0.15) is 59.8 Å². The molecule has 0 bridgehead atoms. The molecule has 4 atom stereocenters. The summed E-state index contributed by atoms with van der Waals surface area (Å²) >= 11 is 0. The van der Waals surface area contributed by atoms with Crippen molar-refractivity contribution in [1.29, 1.82) is 0 Å². The fourth-order valence-electron chi connectivity index (χ4n) is 4.13. The molecule has 0 aromatic carbocycles. The van der Waals surface area contributed by atoms with Gasteiger partial charge in [-0.2, -0.15) is 0 Å². The highest BCUT2D eigenvalue weighted by molar-refractivity contribution is 5.93. The molecule has 0 radical (unpaired) electrons. The van der Waals surface area contributed by atoms with E-state index in [1.54, 1.807) is 0 Å². The maximum atomic E-state index is 12.9. The predicted molar refractivity (Wildman–Crippen MR) is 125 cm³/mol. The van der Waals surface area contributed by atoms with Gasteiger partial charge in [-0.25, -0.2) is 0 Å². The zero-order valence-electron chi connectivity index (χ0n) is 20.7. The van der Waals surface area contributed by atoms with Gasteiger partial charge in [-0.15, -0.1) is 0 Å². The van der Waals surface area contributed by atoms with E-state index in [1.165, 1.54) is 14.1 Å². The highest BCUT2D eigenvalue weighted by atomic mass is 16.2. The van der Waals surface area contributed by atoms with E-state index in [0.29, 0.717) is 19.3 Å². The fourth-order valence-corrected chi connectivity index (χ4v) is 4.13. The molecular formula is C23H41N5O5. The van der Waals surface area contributed by atoms with Gasteiger partial charge in [-0.3, -0.25) is 24.0 Å². The number of hydrogen-bond acceptors (Lipinski definition) is 5. The second-order valence-corrected chi connectivity index (χ2v) is 9.42. The van der Waals surface area contributed by atoms with Gasteiger partial charge in [-0.1, -0.05) is 40.5 Å². The minimum atomic E-state index is -0.679. The normalized spacial score (nSPS) is 19.9. The van der Waals surface area contributed by atoms with Crippen LogP contribution >= 0.6 is 0 Å². The summed E-state index contributed by atoms with van der Waals surface area (Å²) in [6.45, 7) is 7.31. The Morgan fingerprint density at radius 2 is 1.33 bits per heavy atom. The Hall–Kier alpha value is -2.65. The Kier molecular flexibility index (Phi) is 11.9. The largest absolute Gasteiger partial charge is 0.357 e. The molecular weight excluding hydrogens is 426 g/mol. The molecule has 10 heteroatoms. The number of amides is 5. The van der Waals surface area contributed by atoms with E-state index >= 15 is 0 Å². The third-order valence-electron chi connectivity index (χ3n) is 5.96. The molecule has 0 saturated heterocycles. The van der Waals surface area contributed by atoms with E-state index in [-0.39, 0.29) is 42.0 Å². The minimum Gasteiger partial charge on any atom is -0.357 e. The van der Waals surface area contributed by atoms with Gasteiger partial charge in [0.1, 0.15) is 12.1 Å². The van der Waals surface area contributed by atoms with Crippen LogP contribution in [0.5, 0.6) is 0 Å². The highest BCUT2D eigenvalue weighted by Crippen LogP contribution is 2.30. The van der Waals surface area contributed by atoms with Crippen molar-refractivity contribution < 1.29 is 24.0 Å². The SMILES string of the molecule is CNC(=O)[C@H](CC(C)C)NC(=O)CNC(=O)[C@@H]1CCCC[C@@H]1C(=O)N[C@H](C(=O)NC)C(C)C. The molecule has 0 aromatic heterocycles. The van der Waals surface area contributed by atoms with E-state index in [4.69, 9.17) is 0 Å². The van der Waals surface area contributed by atoms with E-state index in [0.717, 1.165) is 12.8 Å². The van der Waals surface area contributed by atoms with Crippen molar-refractivity contribution >= 4 is 29.5 Å². The van der Waals surface area contributed by atoms with Gasteiger partial charge >= 0.3 is 0 Å². The fraction of sp³-hybridized carbons (Fsp3) is 0.783. The molecule has 10 nitrogen and oxygen atoms in total. The lowest BCUT2D eigenvalue weighted by atomic mass is 9.78. The molecule has 0 unspecified atom stereocenters. The molecule has 0 aliphatic heterocycles. The second-order valence-electron chi connectivity index (χ2n) is 9.42. The van der Waals surface area contributed by atoms with Crippen molar-refractivity contribution in [2.75, 3.05) is 20.6 Å². The van der Waals surface area contributed by atoms with Crippen molar-refractivity contribution in [2.45, 2.75) is 71.9 Å². The summed E-state index contributed by atoms with van der Waals surface area (Å²) in [6, 6.07) is -1.35. The molecule has 33 heavy (non-hydrogen) atoms. The zero-order valence-corrected chi connectivity index (χ0v) is 20.7. The van der Waals surface area contributed by atoms with Gasteiger partial charge in [0.25, 0.3) is 0 Å². The molecule has 5 N–H and O–H groups in total. The Morgan fingerprint density at radius 1 is 0.788 bits per heavy atom. The summed E-state index contributed by atoms with van der Waals surface area (Å²) < 4.78 is 0. The van der Waals surface area contributed by atoms with Crippen LogP contribution in [0.2, 0.25) is 0 Å². The van der Waals surface area contributed by atoms with Crippen LogP contribution in [0.25, 0.3) is 0 Å². The standard InChI is InChI=1S/C23H41N5O5/c1-13(2)11-17(22(32)24-5)27-18(29)12-26-20(30)15-9-7-8-10-16(15)21(31)28-19(14(3)4)23(33)25-6/h13-17,19H,7-12H2,1-6H3,(H,24,32)(H,25,33)(H,26,30)(H,27,29)(H,28,31)/t15-,16+,17+,19+/m1/s1. The molecule has 0 aromatic rings. The third-order valence-corrected chi connectivity index (χ3v) is 5.96. The second kappa shape index (κ2) is 13.8. The number of nitrogens with one attached hydrogen (secondary N) is 5. The number of carbonyl (C=O) groups excluding carboxylic acids is 5. The number of hydrogen-bond donors (Lipinski definition) is 5. The Morgan fingerprint density at radius 3 is 1.82 bits per heavy atom. The van der Waals surface area contributed by atoms with E-state index in [1.807, 2.05) is 27.7 Å². The van der Waals surface area contributed by atoms with E-state index < -0.39 is 29.8 Å². The summed E-state index contributed by atoms with van der Waals surface area (Å²) in [4.78, 5) is 62.3. The number of carbonyl (C=O) groups is 5. The highest BCUT2D eigenvalue weighted by Gasteiger charge is 2.37. The van der Waals surface area contributed by atoms with Crippen LogP contribution in [0.4, 0.5) is 0 Å². The molecule has 1 fully saturated rings. The lowest BCUT2D eigenvalue weighted by Gasteiger charge is -2.31. The molecule has 1 aliphatic carbocycles. The molecule has 188 valence electrons. The number of likely N-dealkylation sites (N-methyl/N-ethyl adjacent to an activating group) is 2. The summed E-state index contributed by atoms with van der Waals surface area (Å²) in [5, 5.41) is 13.2. The molecule has 1 rings (SSSR count). The first-order valence-corrected chi connectivity index (χ1v) is 11.8. The predicted octanol–water partition coefficient (Wildman–Crippen LogP) is 0.0727. The first-order chi connectivity index (χ1) is 15.5. The minimum absolute atomic E-state index is 0.104. The van der Waals surface area contributed by atoms with Crippen molar-refractivity contribution in [2.24, 2.45) is 23.7 Å². The first kappa shape index (κ1) is 28.4. The zero-order chi connectivity index (χ0) is 25.1. The smallest absolute Gasteiger partial charge is 0.242 e. The van der Waals surface area contributed by atoms with Crippen molar-refractivity contribution in [1.82, 2.24) is 26.6 Å². The van der Waals surface area contributed by atoms with Crippen LogP contribution in [0.15, 0.2) is 0 Å². The summed E-state index contributed by atoms with van der Waals surface area (Å²) in [7, 11) is 3.02. The van der Waals surface area contributed by atoms with Gasteiger partial charge in [0.15, 0.2) is 0 Å². The summed E-state index contributed by atoms with van der Waals surface area (Å²) in [5.41, 5.74) is 0. The Balaban J connectivity index is 2.74. The van der Waals surface area contributed by atoms with Gasteiger partial charge in [0.05, 0.1) is 6.54 Å². The third kappa shape index (κ3) is 9.01. The first-order valence-electron chi connectivity index (χ1n) is 11.8. The van der Waals surface area contributed by atoms with Gasteiger partial charge in [0.2, 0.25) is 29.5 Å². The number of rotatable bonds is 11. The monoisotopic (exact) mass is 467 g/mol. The van der Waals surface area contributed by atoms with E-state index in [9.17, 15) is 24.0 Å². The molecule has 0 spiro atoms. The average molecular weight is 468 g/mol. The molecule has 1 saturated carbocycles. The summed E-state index contributed by atoms with van der Waals surface area (Å²) in [6.07, 6.45) is 3.18. The topological polar surface area (TPSA) is 146 Å². The molecule has 0 heterocycles. The van der Waals surface area contributed by atoms with Crippen molar-refractivity contribution in [3.05, 3.63) is 0 Å². The van der Waals surface area contributed by atoms with Gasteiger partial charge in [0, 0.05) is 25.9 Å². The quantitative estimate of drug-likeness (QED) is 0.292. The maximum Gasteiger partial charge on any atom is 0.242 e.